The van der Waals surface area contributed by atoms with Crippen LogP contribution in [0.2, 0.25) is 0 Å². The minimum absolute atomic E-state index is 0.0299. The van der Waals surface area contributed by atoms with Crippen molar-refractivity contribution in [3.8, 4) is 5.75 Å². The zero-order valence-electron chi connectivity index (χ0n) is 13.8. The quantitative estimate of drug-likeness (QED) is 0.885. The molecule has 0 bridgehead atoms. The van der Waals surface area contributed by atoms with Crippen LogP contribution in [0.3, 0.4) is 0 Å². The summed E-state index contributed by atoms with van der Waals surface area (Å²) in [4.78, 5) is 0.121. The molecule has 2 unspecified atom stereocenters. The molecule has 134 valence electrons. The van der Waals surface area contributed by atoms with Crippen LogP contribution in [0.4, 0.5) is 0 Å². The van der Waals surface area contributed by atoms with Gasteiger partial charge >= 0.3 is 0 Å². The molecule has 0 saturated carbocycles. The molecule has 0 aromatic heterocycles. The number of hydrogen-bond acceptors (Lipinski definition) is 6. The van der Waals surface area contributed by atoms with Crippen LogP contribution in [0.1, 0.15) is 32.1 Å². The number of phenolic OH excluding ortho intramolecular Hbond substituents is 1. The van der Waals surface area contributed by atoms with Gasteiger partial charge in [0, 0.05) is 13.1 Å². The van der Waals surface area contributed by atoms with Crippen LogP contribution in [0, 0.1) is 0 Å². The Morgan fingerprint density at radius 3 is 2.38 bits per heavy atom. The van der Waals surface area contributed by atoms with Gasteiger partial charge in [-0.2, -0.15) is 4.31 Å². The van der Waals surface area contributed by atoms with E-state index in [2.05, 4.69) is 0 Å². The van der Waals surface area contributed by atoms with Crippen molar-refractivity contribution in [1.29, 1.82) is 0 Å². The lowest BCUT2D eigenvalue weighted by atomic mass is 10.1. The average Bonchev–Trinajstić information content (AvgIpc) is 2.55. The molecule has 2 atom stereocenters. The second-order valence-electron chi connectivity index (χ2n) is 6.20. The van der Waals surface area contributed by atoms with E-state index in [-0.39, 0.29) is 22.9 Å². The lowest BCUT2D eigenvalue weighted by Crippen LogP contribution is -2.40. The Morgan fingerprint density at radius 1 is 1.12 bits per heavy atom. The van der Waals surface area contributed by atoms with Crippen LogP contribution in [0.15, 0.2) is 23.1 Å². The average molecular weight is 357 g/mol. The lowest BCUT2D eigenvalue weighted by Gasteiger charge is -2.33. The topological polar surface area (TPSA) is 85.3 Å². The molecule has 0 aliphatic carbocycles. The van der Waals surface area contributed by atoms with Crippen LogP contribution in [0.5, 0.6) is 5.75 Å². The molecule has 1 aromatic rings. The molecule has 3 rings (SSSR count). The molecule has 2 saturated heterocycles. The van der Waals surface area contributed by atoms with E-state index in [1.54, 1.807) is 0 Å². The first-order valence-electron chi connectivity index (χ1n) is 8.09. The third-order valence-electron chi connectivity index (χ3n) is 4.24. The number of hydrogen-bond donors (Lipinski definition) is 1. The first kappa shape index (κ1) is 17.6. The van der Waals surface area contributed by atoms with E-state index in [9.17, 15) is 13.5 Å². The fraction of sp³-hybridized carbons (Fsp3) is 0.625. The summed E-state index contributed by atoms with van der Waals surface area (Å²) in [5.41, 5.74) is 0.336. The second kappa shape index (κ2) is 6.97. The molecule has 8 heteroatoms. The number of rotatable bonds is 3. The van der Waals surface area contributed by atoms with Crippen LogP contribution in [-0.2, 0) is 24.2 Å². The Morgan fingerprint density at radius 2 is 1.75 bits per heavy atom. The summed E-state index contributed by atoms with van der Waals surface area (Å²) in [6, 6.07) is 4.22. The summed E-state index contributed by atoms with van der Waals surface area (Å²) in [5.74, 6) is -0.0396. The standard InChI is InChI=1S/C16H23NO6S/c1-11-9-12(2)23-16(22-11)14-10-13(3-4-15(14)18)24(19,20)17-5-7-21-8-6-17/h3-4,10-12,16,18H,5-9H2,1-2H3. The number of aromatic hydroxyl groups is 1. The SMILES string of the molecule is CC1CC(C)OC(c2cc(S(=O)(=O)N3CCOCC3)ccc2O)O1. The summed E-state index contributed by atoms with van der Waals surface area (Å²) in [7, 11) is -3.64. The van der Waals surface area contributed by atoms with Gasteiger partial charge in [0.05, 0.1) is 35.9 Å². The second-order valence-corrected chi connectivity index (χ2v) is 8.14. The van der Waals surface area contributed by atoms with E-state index in [0.717, 1.165) is 6.42 Å². The van der Waals surface area contributed by atoms with Crippen molar-refractivity contribution in [2.75, 3.05) is 26.3 Å². The predicted octanol–water partition coefficient (Wildman–Crippen LogP) is 1.63. The third-order valence-corrected chi connectivity index (χ3v) is 6.13. The Balaban J connectivity index is 1.91. The summed E-state index contributed by atoms with van der Waals surface area (Å²) in [6.45, 7) is 5.27. The van der Waals surface area contributed by atoms with E-state index >= 15 is 0 Å². The zero-order chi connectivity index (χ0) is 17.3. The molecular weight excluding hydrogens is 334 g/mol. The summed E-state index contributed by atoms with van der Waals surface area (Å²) >= 11 is 0. The summed E-state index contributed by atoms with van der Waals surface area (Å²) < 4.78 is 43.6. The van der Waals surface area contributed by atoms with Gasteiger partial charge in [-0.3, -0.25) is 0 Å². The fourth-order valence-corrected chi connectivity index (χ4v) is 4.44. The maximum atomic E-state index is 12.8. The Bertz CT molecular complexity index is 676. The van der Waals surface area contributed by atoms with Gasteiger partial charge in [-0.25, -0.2) is 8.42 Å². The van der Waals surface area contributed by atoms with E-state index in [1.165, 1.54) is 22.5 Å². The Hall–Kier alpha value is -1.19. The van der Waals surface area contributed by atoms with Gasteiger partial charge in [0.15, 0.2) is 6.29 Å². The Labute approximate surface area is 142 Å². The van der Waals surface area contributed by atoms with Gasteiger partial charge < -0.3 is 19.3 Å². The predicted molar refractivity (Wildman–Crippen MR) is 86.1 cm³/mol. The third kappa shape index (κ3) is 3.57. The lowest BCUT2D eigenvalue weighted by molar-refractivity contribution is -0.239. The normalized spacial score (nSPS) is 29.5. The highest BCUT2D eigenvalue weighted by Gasteiger charge is 2.31. The van der Waals surface area contributed by atoms with Crippen molar-refractivity contribution in [3.05, 3.63) is 23.8 Å². The minimum atomic E-state index is -3.64. The van der Waals surface area contributed by atoms with Crippen molar-refractivity contribution in [3.63, 3.8) is 0 Å². The van der Waals surface area contributed by atoms with E-state index < -0.39 is 16.3 Å². The zero-order valence-corrected chi connectivity index (χ0v) is 14.7. The number of morpholine rings is 1. The minimum Gasteiger partial charge on any atom is -0.507 e. The van der Waals surface area contributed by atoms with Crippen molar-refractivity contribution in [2.45, 2.75) is 43.7 Å². The van der Waals surface area contributed by atoms with Gasteiger partial charge in [-0.15, -0.1) is 0 Å². The van der Waals surface area contributed by atoms with Crippen molar-refractivity contribution >= 4 is 10.0 Å². The summed E-state index contributed by atoms with van der Waals surface area (Å²) in [5, 5.41) is 10.1. The fourth-order valence-electron chi connectivity index (χ4n) is 3.00. The highest BCUT2D eigenvalue weighted by molar-refractivity contribution is 7.89. The van der Waals surface area contributed by atoms with Gasteiger partial charge in [-0.1, -0.05) is 0 Å². The molecular formula is C16H23NO6S. The van der Waals surface area contributed by atoms with Crippen molar-refractivity contribution in [2.24, 2.45) is 0 Å². The molecule has 0 radical (unpaired) electrons. The van der Waals surface area contributed by atoms with Crippen molar-refractivity contribution in [1.82, 2.24) is 4.31 Å². The molecule has 2 fully saturated rings. The smallest absolute Gasteiger partial charge is 0.243 e. The number of sulfonamides is 1. The van der Waals surface area contributed by atoms with Gasteiger partial charge in [0.25, 0.3) is 0 Å². The molecule has 2 aliphatic heterocycles. The van der Waals surface area contributed by atoms with Crippen LogP contribution in [-0.4, -0.2) is 56.3 Å². The highest BCUT2D eigenvalue weighted by Crippen LogP contribution is 2.36. The molecule has 7 nitrogen and oxygen atoms in total. The molecule has 24 heavy (non-hydrogen) atoms. The summed E-state index contributed by atoms with van der Waals surface area (Å²) in [6.07, 6.45) is -0.0813. The van der Waals surface area contributed by atoms with Crippen LogP contribution in [0.25, 0.3) is 0 Å². The first-order chi connectivity index (χ1) is 11.4. The van der Waals surface area contributed by atoms with Crippen molar-refractivity contribution < 1.29 is 27.7 Å². The van der Waals surface area contributed by atoms with Gasteiger partial charge in [0.1, 0.15) is 5.75 Å². The molecule has 2 heterocycles. The molecule has 1 aromatic carbocycles. The maximum absolute atomic E-state index is 12.8. The molecule has 0 amide bonds. The molecule has 1 N–H and O–H groups in total. The first-order valence-corrected chi connectivity index (χ1v) is 9.53. The number of benzene rings is 1. The van der Waals surface area contributed by atoms with E-state index in [0.29, 0.717) is 31.9 Å². The van der Waals surface area contributed by atoms with Crippen LogP contribution >= 0.6 is 0 Å². The van der Waals surface area contributed by atoms with Gasteiger partial charge in [-0.05, 0) is 38.5 Å². The number of phenols is 1. The van der Waals surface area contributed by atoms with E-state index in [1.807, 2.05) is 13.8 Å². The molecule has 2 aliphatic rings. The Kier molecular flexibility index (Phi) is 5.12. The largest absolute Gasteiger partial charge is 0.507 e. The number of ether oxygens (including phenoxy) is 3. The number of nitrogens with zero attached hydrogens (tertiary/aromatic N) is 1. The monoisotopic (exact) mass is 357 g/mol. The van der Waals surface area contributed by atoms with Crippen LogP contribution < -0.4 is 0 Å². The van der Waals surface area contributed by atoms with E-state index in [4.69, 9.17) is 14.2 Å². The highest BCUT2D eigenvalue weighted by atomic mass is 32.2. The maximum Gasteiger partial charge on any atom is 0.243 e. The molecule has 0 spiro atoms. The van der Waals surface area contributed by atoms with Gasteiger partial charge in [0.2, 0.25) is 10.0 Å².